The number of nitrogens with one attached hydrogen (secondary N) is 1. The zero-order chi connectivity index (χ0) is 15.6. The number of hydrogen-bond acceptors (Lipinski definition) is 3. The molecule has 1 amide bonds. The number of aliphatic carboxylic acids is 1. The van der Waals surface area contributed by atoms with Crippen molar-refractivity contribution in [3.63, 3.8) is 0 Å². The van der Waals surface area contributed by atoms with E-state index in [0.29, 0.717) is 18.4 Å². The fraction of sp³-hybridized carbons (Fsp3) is 0.412. The van der Waals surface area contributed by atoms with E-state index < -0.39 is 17.4 Å². The summed E-state index contributed by atoms with van der Waals surface area (Å²) in [7, 11) is 0. The number of carboxylic acids is 1. The van der Waals surface area contributed by atoms with E-state index in [1.807, 2.05) is 18.2 Å². The van der Waals surface area contributed by atoms with Gasteiger partial charge in [0.25, 0.3) is 5.91 Å². The minimum atomic E-state index is -1.17. The van der Waals surface area contributed by atoms with Crippen LogP contribution in [0.4, 0.5) is 0 Å². The van der Waals surface area contributed by atoms with Crippen molar-refractivity contribution in [1.82, 2.24) is 5.32 Å². The van der Waals surface area contributed by atoms with Gasteiger partial charge in [-0.2, -0.15) is 0 Å². The quantitative estimate of drug-likeness (QED) is 0.852. The molecule has 1 aromatic carbocycles. The van der Waals surface area contributed by atoms with E-state index in [9.17, 15) is 14.7 Å². The fourth-order valence-corrected chi connectivity index (χ4v) is 3.10. The third-order valence-corrected chi connectivity index (χ3v) is 4.37. The first-order chi connectivity index (χ1) is 10.6. The van der Waals surface area contributed by atoms with Gasteiger partial charge in [0.2, 0.25) is 0 Å². The summed E-state index contributed by atoms with van der Waals surface area (Å²) in [5.41, 5.74) is -0.551. The fourth-order valence-electron chi connectivity index (χ4n) is 3.10. The highest BCUT2D eigenvalue weighted by molar-refractivity contribution is 5.98. The normalized spacial score (nSPS) is 17.8. The number of carbonyl (C=O) groups excluding carboxylic acids is 1. The molecule has 0 atom stereocenters. The van der Waals surface area contributed by atoms with Crippen molar-refractivity contribution in [2.45, 2.75) is 44.1 Å². The molecular weight excluding hydrogens is 282 g/mol. The Bertz CT molecular complexity index is 663. The van der Waals surface area contributed by atoms with Crippen molar-refractivity contribution in [2.75, 3.05) is 0 Å². The maximum atomic E-state index is 12.4. The first-order valence-corrected chi connectivity index (χ1v) is 7.65. The molecule has 0 radical (unpaired) electrons. The van der Waals surface area contributed by atoms with Gasteiger partial charge in [0.15, 0.2) is 5.76 Å². The lowest BCUT2D eigenvalue weighted by Gasteiger charge is -2.28. The van der Waals surface area contributed by atoms with Gasteiger partial charge >= 0.3 is 5.97 Å². The van der Waals surface area contributed by atoms with Gasteiger partial charge in [-0.25, -0.2) is 4.79 Å². The molecule has 1 aromatic heterocycles. The SMILES string of the molecule is O=C(NC1(C(=O)O)CCCCCC1)c1cc2ccccc2o1. The summed E-state index contributed by atoms with van der Waals surface area (Å²) in [5, 5.41) is 13.2. The van der Waals surface area contributed by atoms with E-state index in [1.54, 1.807) is 12.1 Å². The van der Waals surface area contributed by atoms with E-state index in [1.165, 1.54) is 0 Å². The summed E-state index contributed by atoms with van der Waals surface area (Å²) in [4.78, 5) is 24.2. The summed E-state index contributed by atoms with van der Waals surface area (Å²) in [6, 6.07) is 8.98. The van der Waals surface area contributed by atoms with Crippen LogP contribution in [0.5, 0.6) is 0 Å². The topological polar surface area (TPSA) is 79.5 Å². The molecule has 2 N–H and O–H groups in total. The van der Waals surface area contributed by atoms with Gasteiger partial charge < -0.3 is 14.8 Å². The van der Waals surface area contributed by atoms with Gasteiger partial charge in [0, 0.05) is 5.39 Å². The van der Waals surface area contributed by atoms with Gasteiger partial charge in [0.05, 0.1) is 0 Å². The lowest BCUT2D eigenvalue weighted by Crippen LogP contribution is -2.54. The van der Waals surface area contributed by atoms with Crippen molar-refractivity contribution < 1.29 is 19.1 Å². The Hall–Kier alpha value is -2.30. The standard InChI is InChI=1S/C17H19NO4/c19-15(14-11-12-7-3-4-8-13(12)22-14)18-17(16(20)21)9-5-1-2-6-10-17/h3-4,7-8,11H,1-2,5-6,9-10H2,(H,18,19)(H,20,21). The average Bonchev–Trinajstić information content (AvgIpc) is 2.80. The van der Waals surface area contributed by atoms with Gasteiger partial charge in [-0.15, -0.1) is 0 Å². The van der Waals surface area contributed by atoms with Crippen LogP contribution in [-0.2, 0) is 4.79 Å². The Kier molecular flexibility index (Phi) is 3.88. The van der Waals surface area contributed by atoms with Gasteiger partial charge in [-0.05, 0) is 25.0 Å². The summed E-state index contributed by atoms with van der Waals surface area (Å²) >= 11 is 0. The molecule has 1 aliphatic rings. The molecule has 1 fully saturated rings. The molecule has 22 heavy (non-hydrogen) atoms. The number of para-hydroxylation sites is 1. The molecule has 5 heteroatoms. The maximum absolute atomic E-state index is 12.4. The highest BCUT2D eigenvalue weighted by Crippen LogP contribution is 2.28. The third-order valence-electron chi connectivity index (χ3n) is 4.37. The molecule has 1 aliphatic carbocycles. The zero-order valence-corrected chi connectivity index (χ0v) is 12.3. The molecular formula is C17H19NO4. The summed E-state index contributed by atoms with van der Waals surface area (Å²) < 4.78 is 5.52. The predicted octanol–water partition coefficient (Wildman–Crippen LogP) is 3.34. The van der Waals surface area contributed by atoms with Crippen LogP contribution in [-0.4, -0.2) is 22.5 Å². The van der Waals surface area contributed by atoms with Crippen molar-refractivity contribution in [3.8, 4) is 0 Å². The van der Waals surface area contributed by atoms with Crippen molar-refractivity contribution >= 4 is 22.8 Å². The van der Waals surface area contributed by atoms with Crippen LogP contribution in [0.3, 0.4) is 0 Å². The van der Waals surface area contributed by atoms with Crippen molar-refractivity contribution in [1.29, 1.82) is 0 Å². The molecule has 0 aliphatic heterocycles. The molecule has 0 unspecified atom stereocenters. The number of amides is 1. The minimum Gasteiger partial charge on any atom is -0.480 e. The molecule has 1 saturated carbocycles. The summed E-state index contributed by atoms with van der Waals surface area (Å²) in [6.45, 7) is 0. The largest absolute Gasteiger partial charge is 0.480 e. The molecule has 0 spiro atoms. The van der Waals surface area contributed by atoms with Crippen LogP contribution < -0.4 is 5.32 Å². The molecule has 1 heterocycles. The van der Waals surface area contributed by atoms with E-state index in [2.05, 4.69) is 5.32 Å². The lowest BCUT2D eigenvalue weighted by molar-refractivity contribution is -0.145. The zero-order valence-electron chi connectivity index (χ0n) is 12.3. The van der Waals surface area contributed by atoms with Crippen LogP contribution in [0.15, 0.2) is 34.7 Å². The predicted molar refractivity (Wildman–Crippen MR) is 81.7 cm³/mol. The Labute approximate surface area is 128 Å². The molecule has 3 rings (SSSR count). The number of fused-ring (bicyclic) bond motifs is 1. The van der Waals surface area contributed by atoms with E-state index in [4.69, 9.17) is 4.42 Å². The number of furan rings is 1. The Morgan fingerprint density at radius 1 is 1.09 bits per heavy atom. The van der Waals surface area contributed by atoms with Crippen molar-refractivity contribution in [2.24, 2.45) is 0 Å². The maximum Gasteiger partial charge on any atom is 0.329 e. The summed E-state index contributed by atoms with van der Waals surface area (Å²) in [6.07, 6.45) is 4.58. The number of rotatable bonds is 3. The Morgan fingerprint density at radius 3 is 2.41 bits per heavy atom. The molecule has 0 bridgehead atoms. The Balaban J connectivity index is 1.85. The first-order valence-electron chi connectivity index (χ1n) is 7.65. The number of benzene rings is 1. The van der Waals surface area contributed by atoms with Crippen LogP contribution in [0.25, 0.3) is 11.0 Å². The average molecular weight is 301 g/mol. The second-order valence-corrected chi connectivity index (χ2v) is 5.90. The van der Waals surface area contributed by atoms with E-state index in [0.717, 1.165) is 31.1 Å². The van der Waals surface area contributed by atoms with Crippen LogP contribution in [0.1, 0.15) is 49.1 Å². The Morgan fingerprint density at radius 2 is 1.77 bits per heavy atom. The number of carbonyl (C=O) groups is 2. The third kappa shape index (κ3) is 2.71. The van der Waals surface area contributed by atoms with Crippen molar-refractivity contribution in [3.05, 3.63) is 36.1 Å². The molecule has 116 valence electrons. The smallest absolute Gasteiger partial charge is 0.329 e. The van der Waals surface area contributed by atoms with Crippen LogP contribution in [0.2, 0.25) is 0 Å². The minimum absolute atomic E-state index is 0.158. The van der Waals surface area contributed by atoms with Gasteiger partial charge in [-0.1, -0.05) is 43.9 Å². The molecule has 2 aromatic rings. The number of hydrogen-bond donors (Lipinski definition) is 2. The molecule has 0 saturated heterocycles. The van der Waals surface area contributed by atoms with Gasteiger partial charge in [0.1, 0.15) is 11.1 Å². The van der Waals surface area contributed by atoms with Gasteiger partial charge in [-0.3, -0.25) is 4.79 Å². The molecule has 5 nitrogen and oxygen atoms in total. The second kappa shape index (κ2) is 5.83. The number of carboxylic acid groups (broad SMARTS) is 1. The lowest BCUT2D eigenvalue weighted by atomic mass is 9.90. The van der Waals surface area contributed by atoms with Crippen LogP contribution >= 0.6 is 0 Å². The highest BCUT2D eigenvalue weighted by atomic mass is 16.4. The summed E-state index contributed by atoms with van der Waals surface area (Å²) in [5.74, 6) is -1.26. The van der Waals surface area contributed by atoms with Crippen LogP contribution in [0, 0.1) is 0 Å². The second-order valence-electron chi connectivity index (χ2n) is 5.90. The van der Waals surface area contributed by atoms with E-state index >= 15 is 0 Å². The highest BCUT2D eigenvalue weighted by Gasteiger charge is 2.40. The first kappa shape index (κ1) is 14.6. The monoisotopic (exact) mass is 301 g/mol. The van der Waals surface area contributed by atoms with E-state index in [-0.39, 0.29) is 5.76 Å².